The van der Waals surface area contributed by atoms with E-state index in [1.165, 1.54) is 18.3 Å². The van der Waals surface area contributed by atoms with Crippen LogP contribution in [0.5, 0.6) is 0 Å². The van der Waals surface area contributed by atoms with Crippen molar-refractivity contribution in [3.8, 4) is 0 Å². The average Bonchev–Trinajstić information content (AvgIpc) is 2.66. The topological polar surface area (TPSA) is 63.5 Å². The van der Waals surface area contributed by atoms with Crippen LogP contribution in [0.1, 0.15) is 19.4 Å². The summed E-state index contributed by atoms with van der Waals surface area (Å²) in [4.78, 5) is 24.7. The monoisotopic (exact) mass is 429 g/mol. The smallest absolute Gasteiger partial charge is 0.377 e. The zero-order valence-corrected chi connectivity index (χ0v) is 16.3. The molecule has 2 atom stereocenters. The number of ether oxygens (including phenoxy) is 1. The van der Waals surface area contributed by atoms with Crippen molar-refractivity contribution in [3.63, 3.8) is 0 Å². The molecule has 1 saturated heterocycles. The van der Waals surface area contributed by atoms with E-state index in [4.69, 9.17) is 16.3 Å². The second-order valence-corrected chi connectivity index (χ2v) is 7.46. The number of hydrogen-bond donors (Lipinski definition) is 0. The second kappa shape index (κ2) is 7.49. The van der Waals surface area contributed by atoms with Crippen LogP contribution < -0.4 is 15.4 Å². The molecule has 0 bridgehead atoms. The Kier molecular flexibility index (Phi) is 5.16. The minimum absolute atomic E-state index is 0.0408. The summed E-state index contributed by atoms with van der Waals surface area (Å²) in [5.41, 5.74) is -0.214. The number of morpholine rings is 1. The fraction of sp³-hybridized carbons (Fsp3) is 0.500. The minimum atomic E-state index is -4.56. The molecule has 0 amide bonds. The zero-order chi connectivity index (χ0) is 20.8. The first-order chi connectivity index (χ1) is 13.8. The van der Waals surface area contributed by atoms with Crippen LogP contribution in [0.3, 0.4) is 0 Å². The van der Waals surface area contributed by atoms with Gasteiger partial charge in [0.2, 0.25) is 5.95 Å². The number of aromatic nitrogens is 3. The van der Waals surface area contributed by atoms with Gasteiger partial charge >= 0.3 is 6.18 Å². The first kappa shape index (κ1) is 20.0. The molecule has 0 spiro atoms. The van der Waals surface area contributed by atoms with Crippen LogP contribution in [0, 0.1) is 0 Å². The fourth-order valence-electron chi connectivity index (χ4n) is 3.76. The summed E-state index contributed by atoms with van der Waals surface area (Å²) in [7, 11) is 0. The van der Waals surface area contributed by atoms with Crippen molar-refractivity contribution in [2.24, 2.45) is 0 Å². The maximum Gasteiger partial charge on any atom is 0.409 e. The Morgan fingerprint density at radius 3 is 2.76 bits per heavy atom. The van der Waals surface area contributed by atoms with Gasteiger partial charge in [-0.25, -0.2) is 4.98 Å². The van der Waals surface area contributed by atoms with E-state index >= 15 is 0 Å². The third-order valence-corrected chi connectivity index (χ3v) is 5.37. The maximum absolute atomic E-state index is 13.6. The molecule has 0 radical (unpaired) electrons. The van der Waals surface area contributed by atoms with Crippen LogP contribution in [-0.4, -0.2) is 53.1 Å². The Balaban J connectivity index is 1.87. The van der Waals surface area contributed by atoms with Crippen LogP contribution in [0.15, 0.2) is 29.2 Å². The highest BCUT2D eigenvalue weighted by Gasteiger charge is 2.46. The van der Waals surface area contributed by atoms with Crippen LogP contribution >= 0.6 is 11.6 Å². The summed E-state index contributed by atoms with van der Waals surface area (Å²) < 4.78 is 47.1. The molecular weight excluding hydrogens is 411 g/mol. The van der Waals surface area contributed by atoms with Crippen molar-refractivity contribution in [2.45, 2.75) is 31.6 Å². The molecule has 2 aromatic heterocycles. The second-order valence-electron chi connectivity index (χ2n) is 7.07. The number of nitrogens with zero attached hydrogens (tertiary/aromatic N) is 5. The predicted molar refractivity (Wildman–Crippen MR) is 102 cm³/mol. The Morgan fingerprint density at radius 2 is 2.07 bits per heavy atom. The van der Waals surface area contributed by atoms with Gasteiger partial charge < -0.3 is 14.5 Å². The summed E-state index contributed by atoms with van der Waals surface area (Å²) in [6.45, 7) is 3.37. The Hall–Kier alpha value is -2.33. The largest absolute Gasteiger partial charge is 0.409 e. The van der Waals surface area contributed by atoms with E-state index in [0.717, 1.165) is 4.57 Å². The van der Waals surface area contributed by atoms with Gasteiger partial charge in [-0.15, -0.1) is 0 Å². The molecule has 0 saturated carbocycles. The van der Waals surface area contributed by atoms with Crippen LogP contribution in [-0.2, 0) is 4.74 Å². The minimum Gasteiger partial charge on any atom is -0.377 e. The quantitative estimate of drug-likeness (QED) is 0.683. The molecule has 0 N–H and O–H groups in total. The fourth-order valence-corrected chi connectivity index (χ4v) is 3.93. The summed E-state index contributed by atoms with van der Waals surface area (Å²) in [5, 5.41) is 0.201. The van der Waals surface area contributed by atoms with Crippen molar-refractivity contribution in [2.75, 3.05) is 36.1 Å². The van der Waals surface area contributed by atoms with Gasteiger partial charge in [0.05, 0.1) is 19.3 Å². The summed E-state index contributed by atoms with van der Waals surface area (Å²) in [6, 6.07) is 2.36. The van der Waals surface area contributed by atoms with Crippen molar-refractivity contribution in [1.82, 2.24) is 14.5 Å². The first-order valence-electron chi connectivity index (χ1n) is 9.19. The van der Waals surface area contributed by atoms with Gasteiger partial charge in [0.1, 0.15) is 17.0 Å². The molecule has 2 aromatic rings. The summed E-state index contributed by atoms with van der Waals surface area (Å²) in [6.07, 6.45) is -3.37. The highest BCUT2D eigenvalue weighted by molar-refractivity contribution is 6.29. The van der Waals surface area contributed by atoms with E-state index in [9.17, 15) is 18.0 Å². The van der Waals surface area contributed by atoms with Crippen LogP contribution in [0.4, 0.5) is 30.6 Å². The van der Waals surface area contributed by atoms with E-state index < -0.39 is 17.8 Å². The normalized spacial score (nSPS) is 22.5. The molecule has 11 heteroatoms. The van der Waals surface area contributed by atoms with E-state index in [0.29, 0.717) is 31.3 Å². The van der Waals surface area contributed by atoms with Crippen molar-refractivity contribution < 1.29 is 17.9 Å². The molecule has 7 nitrogen and oxygen atoms in total. The predicted octanol–water partition coefficient (Wildman–Crippen LogP) is 3.16. The van der Waals surface area contributed by atoms with Gasteiger partial charge in [0.15, 0.2) is 0 Å². The molecule has 2 aliphatic rings. The lowest BCUT2D eigenvalue weighted by Crippen LogP contribution is -2.47. The zero-order valence-electron chi connectivity index (χ0n) is 15.6. The lowest BCUT2D eigenvalue weighted by atomic mass is 10.1. The number of fused-ring (bicyclic) bond motifs is 1. The van der Waals surface area contributed by atoms with Crippen LogP contribution in [0.25, 0.3) is 0 Å². The summed E-state index contributed by atoms with van der Waals surface area (Å²) in [5.74, 6) is 0.284. The highest BCUT2D eigenvalue weighted by Crippen LogP contribution is 2.40. The Labute approximate surface area is 169 Å². The van der Waals surface area contributed by atoms with E-state index in [2.05, 4.69) is 9.97 Å². The molecule has 0 aliphatic carbocycles. The number of hydrogen-bond acceptors (Lipinski definition) is 6. The van der Waals surface area contributed by atoms with Gasteiger partial charge in [-0.3, -0.25) is 9.36 Å². The van der Waals surface area contributed by atoms with Gasteiger partial charge in [0, 0.05) is 31.0 Å². The highest BCUT2D eigenvalue weighted by atomic mass is 35.5. The molecule has 1 fully saturated rings. The Bertz CT molecular complexity index is 967. The van der Waals surface area contributed by atoms with E-state index in [1.54, 1.807) is 11.0 Å². The van der Waals surface area contributed by atoms with Gasteiger partial charge in [-0.2, -0.15) is 18.2 Å². The van der Waals surface area contributed by atoms with Crippen molar-refractivity contribution in [3.05, 3.63) is 39.9 Å². The number of pyridine rings is 1. The molecule has 2 aliphatic heterocycles. The third kappa shape index (κ3) is 3.78. The third-order valence-electron chi connectivity index (χ3n) is 5.16. The van der Waals surface area contributed by atoms with E-state index in [1.807, 2.05) is 11.8 Å². The molecular formula is C18H19ClF3N5O2. The Morgan fingerprint density at radius 1 is 1.28 bits per heavy atom. The molecule has 4 rings (SSSR count). The van der Waals surface area contributed by atoms with Crippen LogP contribution in [0.2, 0.25) is 5.15 Å². The SMILES string of the molecule is C[C@@H]1COCCN1c1cc(=O)n2c(n1)N(c1ccnc(Cl)c1)CC[C@@H]2C(F)(F)F. The standard InChI is InChI=1S/C18H19ClF3N5O2/c1-11-10-29-7-6-25(11)15-9-16(28)27-13(18(20,21)22)3-5-26(17(27)24-15)12-2-4-23-14(19)8-12/h2,4,8-9,11,13H,3,5-7,10H2,1H3/t11-,13-/m1/s1. The van der Waals surface area contributed by atoms with Crippen molar-refractivity contribution >= 4 is 29.1 Å². The number of halogens is 4. The molecule has 4 heterocycles. The molecule has 0 aromatic carbocycles. The van der Waals surface area contributed by atoms with Gasteiger partial charge in [0.25, 0.3) is 5.56 Å². The average molecular weight is 430 g/mol. The lowest BCUT2D eigenvalue weighted by molar-refractivity contribution is -0.170. The first-order valence-corrected chi connectivity index (χ1v) is 9.57. The summed E-state index contributed by atoms with van der Waals surface area (Å²) >= 11 is 5.97. The molecule has 0 unspecified atom stereocenters. The molecule has 29 heavy (non-hydrogen) atoms. The number of alkyl halides is 3. The lowest BCUT2D eigenvalue weighted by Gasteiger charge is -2.39. The number of rotatable bonds is 2. The number of anilines is 3. The maximum atomic E-state index is 13.6. The molecule has 156 valence electrons. The van der Waals surface area contributed by atoms with Gasteiger partial charge in [-0.1, -0.05) is 11.6 Å². The van der Waals surface area contributed by atoms with Gasteiger partial charge in [-0.05, 0) is 25.5 Å². The van der Waals surface area contributed by atoms with Crippen molar-refractivity contribution in [1.29, 1.82) is 0 Å². The van der Waals surface area contributed by atoms with E-state index in [-0.39, 0.29) is 30.1 Å².